The zero-order valence-electron chi connectivity index (χ0n) is 36.0. The Morgan fingerprint density at radius 1 is 0.191 bits per heavy atom. The molecule has 0 radical (unpaired) electrons. The molecule has 0 aromatic heterocycles. The van der Waals surface area contributed by atoms with Crippen molar-refractivity contribution in [2.24, 2.45) is 0 Å². The molecule has 0 spiro atoms. The summed E-state index contributed by atoms with van der Waals surface area (Å²) in [6, 6.07) is 62.8. The summed E-state index contributed by atoms with van der Waals surface area (Å²) >= 11 is 0. The molecule has 316 valence electrons. The maximum atomic E-state index is 15.3. The second kappa shape index (κ2) is 13.5. The van der Waals surface area contributed by atoms with Crippen LogP contribution in [0.3, 0.4) is 0 Å². The predicted molar refractivity (Wildman–Crippen MR) is 273 cm³/mol. The molecule has 0 N–H and O–H groups in total. The van der Waals surface area contributed by atoms with Gasteiger partial charge in [0.1, 0.15) is 23.3 Å². The Balaban J connectivity index is 1.08. The van der Waals surface area contributed by atoms with Gasteiger partial charge in [0.25, 0.3) is 0 Å². The first-order valence-corrected chi connectivity index (χ1v) is 22.8. The number of hydrogen-bond acceptors (Lipinski definition) is 0. The number of rotatable bonds is 4. The van der Waals surface area contributed by atoms with Gasteiger partial charge in [-0.3, -0.25) is 0 Å². The van der Waals surface area contributed by atoms with Crippen LogP contribution in [0.25, 0.3) is 154 Å². The van der Waals surface area contributed by atoms with E-state index in [1.807, 2.05) is 36.4 Å². The third kappa shape index (κ3) is 4.88. The maximum absolute atomic E-state index is 15.3. The molecule has 0 amide bonds. The predicted octanol–water partition coefficient (Wildman–Crippen LogP) is 18.6. The van der Waals surface area contributed by atoms with Crippen molar-refractivity contribution in [2.75, 3.05) is 0 Å². The molecular formula is C64H32F4. The van der Waals surface area contributed by atoms with Crippen molar-refractivity contribution in [3.05, 3.63) is 217 Å². The Morgan fingerprint density at radius 2 is 0.456 bits per heavy atom. The van der Waals surface area contributed by atoms with E-state index >= 15 is 17.6 Å². The Morgan fingerprint density at radius 3 is 0.750 bits per heavy atom. The highest BCUT2D eigenvalue weighted by Crippen LogP contribution is 2.63. The molecule has 0 saturated heterocycles. The molecule has 0 bridgehead atoms. The molecule has 68 heavy (non-hydrogen) atoms. The smallest absolute Gasteiger partial charge is 0.126 e. The van der Waals surface area contributed by atoms with E-state index in [1.54, 1.807) is 0 Å². The van der Waals surface area contributed by atoms with E-state index in [4.69, 9.17) is 0 Å². The van der Waals surface area contributed by atoms with Crippen LogP contribution in [0.1, 0.15) is 0 Å². The second-order valence-corrected chi connectivity index (χ2v) is 18.3. The van der Waals surface area contributed by atoms with Crippen LogP contribution in [0, 0.1) is 23.3 Å². The van der Waals surface area contributed by atoms with Crippen molar-refractivity contribution in [3.63, 3.8) is 0 Å². The number of fused-ring (bicyclic) bond motifs is 10. The molecule has 0 saturated carbocycles. The summed E-state index contributed by atoms with van der Waals surface area (Å²) in [6.45, 7) is 0. The molecular weight excluding hydrogens is 845 g/mol. The van der Waals surface area contributed by atoms with Crippen LogP contribution < -0.4 is 0 Å². The second-order valence-electron chi connectivity index (χ2n) is 18.3. The molecule has 15 rings (SSSR count). The van der Waals surface area contributed by atoms with Crippen molar-refractivity contribution >= 4 is 64.6 Å². The average molecular weight is 877 g/mol. The van der Waals surface area contributed by atoms with Crippen LogP contribution in [0.2, 0.25) is 0 Å². The quantitative estimate of drug-likeness (QED) is 0.0939. The van der Waals surface area contributed by atoms with Crippen LogP contribution in [0.15, 0.2) is 194 Å². The van der Waals surface area contributed by atoms with Gasteiger partial charge in [-0.25, -0.2) is 17.6 Å². The molecule has 0 unspecified atom stereocenters. The molecule has 0 nitrogen and oxygen atoms in total. The summed E-state index contributed by atoms with van der Waals surface area (Å²) in [5.74, 6) is -2.50. The first-order chi connectivity index (χ1) is 33.4. The lowest BCUT2D eigenvalue weighted by molar-refractivity contribution is 0.583. The van der Waals surface area contributed by atoms with Crippen molar-refractivity contribution in [2.45, 2.75) is 0 Å². The largest absolute Gasteiger partial charge is 0.207 e. The van der Waals surface area contributed by atoms with Crippen LogP contribution >= 0.6 is 0 Å². The fourth-order valence-electron chi connectivity index (χ4n) is 12.5. The van der Waals surface area contributed by atoms with Gasteiger partial charge in [-0.1, -0.05) is 158 Å². The van der Waals surface area contributed by atoms with Gasteiger partial charge in [0.05, 0.1) is 0 Å². The summed E-state index contributed by atoms with van der Waals surface area (Å²) in [6.07, 6.45) is 0. The van der Waals surface area contributed by atoms with Gasteiger partial charge in [0.15, 0.2) is 0 Å². The standard InChI is InChI=1S/C64H32F4/c65-37-27-35(28-38(66)31-37)55-43-17-9-7-15-41(43)53(33-11-3-1-4-12-33)61-49-23-19-45-48-22-26-52-60-50(24-20-46(58(48)60)47-21-25-51(63(55)61)59(49)57(45)47)62-54(34-13-5-2-6-14-34)42-16-8-10-18-44(42)56(64(52)62)36-29-39(67)32-40(68)30-36/h1-32H. The van der Waals surface area contributed by atoms with Crippen LogP contribution in [-0.4, -0.2) is 0 Å². The minimum Gasteiger partial charge on any atom is -0.207 e. The molecule has 2 aliphatic rings. The van der Waals surface area contributed by atoms with E-state index in [-0.39, 0.29) is 0 Å². The summed E-state index contributed by atoms with van der Waals surface area (Å²) < 4.78 is 61.2. The summed E-state index contributed by atoms with van der Waals surface area (Å²) in [5.41, 5.74) is 15.1. The molecule has 2 aliphatic carbocycles. The summed E-state index contributed by atoms with van der Waals surface area (Å²) in [4.78, 5) is 0. The van der Waals surface area contributed by atoms with Gasteiger partial charge in [-0.05, 0) is 178 Å². The first kappa shape index (κ1) is 37.6. The number of hydrogen-bond donors (Lipinski definition) is 0. The van der Waals surface area contributed by atoms with Gasteiger partial charge >= 0.3 is 0 Å². The Labute approximate surface area is 386 Å². The topological polar surface area (TPSA) is 0 Å². The molecule has 13 aromatic rings. The average Bonchev–Trinajstić information content (AvgIpc) is 3.87. The minimum absolute atomic E-state index is 0.489. The molecule has 13 aromatic carbocycles. The first-order valence-electron chi connectivity index (χ1n) is 22.8. The summed E-state index contributed by atoms with van der Waals surface area (Å²) in [5, 5.41) is 12.7. The van der Waals surface area contributed by atoms with Crippen molar-refractivity contribution < 1.29 is 17.6 Å². The Hall–Kier alpha value is -8.60. The Bertz CT molecular complexity index is 4050. The van der Waals surface area contributed by atoms with E-state index in [0.29, 0.717) is 11.1 Å². The SMILES string of the molecule is Fc1cc(F)cc(-c2c3c(c(-c4ccccc4)c4ccccc24)-c2ccc4c5ccc6c7c(ccc(c8ccc-3c2c48)c75)-c2c-6c(-c3cc(F)cc(F)c3)c3ccccc3c2-c2ccccc2)c1. The van der Waals surface area contributed by atoms with Crippen molar-refractivity contribution in [1.82, 2.24) is 0 Å². The zero-order valence-corrected chi connectivity index (χ0v) is 36.0. The van der Waals surface area contributed by atoms with Crippen LogP contribution in [0.4, 0.5) is 17.6 Å². The number of halogens is 4. The van der Waals surface area contributed by atoms with Crippen molar-refractivity contribution in [3.8, 4) is 89.0 Å². The lowest BCUT2D eigenvalue weighted by Crippen LogP contribution is -1.94. The Kier molecular flexibility index (Phi) is 7.46. The molecule has 0 aliphatic heterocycles. The van der Waals surface area contributed by atoms with Crippen LogP contribution in [0.5, 0.6) is 0 Å². The molecule has 0 heterocycles. The molecule has 0 atom stereocenters. The zero-order chi connectivity index (χ0) is 45.1. The molecule has 0 fully saturated rings. The highest BCUT2D eigenvalue weighted by molar-refractivity contribution is 6.42. The monoisotopic (exact) mass is 876 g/mol. The highest BCUT2D eigenvalue weighted by atomic mass is 19.1. The van der Waals surface area contributed by atoms with Gasteiger partial charge in [0.2, 0.25) is 0 Å². The third-order valence-electron chi connectivity index (χ3n) is 14.8. The fraction of sp³-hybridized carbons (Fsp3) is 0. The lowest BCUT2D eigenvalue weighted by atomic mass is 9.82. The normalized spacial score (nSPS) is 12.4. The minimum atomic E-state index is -0.625. The van der Waals surface area contributed by atoms with E-state index < -0.39 is 23.3 Å². The third-order valence-corrected chi connectivity index (χ3v) is 14.8. The van der Waals surface area contributed by atoms with Gasteiger partial charge < -0.3 is 0 Å². The molecule has 4 heteroatoms. The fourth-order valence-corrected chi connectivity index (χ4v) is 12.5. The van der Waals surface area contributed by atoms with E-state index in [0.717, 1.165) is 155 Å². The van der Waals surface area contributed by atoms with E-state index in [2.05, 4.69) is 121 Å². The van der Waals surface area contributed by atoms with E-state index in [9.17, 15) is 0 Å². The lowest BCUT2D eigenvalue weighted by Gasteiger charge is -2.20. The number of benzene rings is 13. The highest BCUT2D eigenvalue weighted by Gasteiger charge is 2.35. The van der Waals surface area contributed by atoms with Gasteiger partial charge in [0, 0.05) is 12.1 Å². The van der Waals surface area contributed by atoms with Gasteiger partial charge in [-0.15, -0.1) is 0 Å². The van der Waals surface area contributed by atoms with Crippen LogP contribution in [-0.2, 0) is 0 Å². The van der Waals surface area contributed by atoms with Crippen molar-refractivity contribution in [1.29, 1.82) is 0 Å². The van der Waals surface area contributed by atoms with Gasteiger partial charge in [-0.2, -0.15) is 0 Å². The summed E-state index contributed by atoms with van der Waals surface area (Å²) in [7, 11) is 0. The maximum Gasteiger partial charge on any atom is 0.126 e. The van der Waals surface area contributed by atoms with E-state index in [1.165, 1.54) is 24.3 Å².